The Balaban J connectivity index is 1.58. The van der Waals surface area contributed by atoms with Crippen LogP contribution in [0.4, 0.5) is 0 Å². The zero-order valence-electron chi connectivity index (χ0n) is 15.6. The molecule has 7 heteroatoms. The van der Waals surface area contributed by atoms with Crippen LogP contribution >= 0.6 is 0 Å². The number of ether oxygens (including phenoxy) is 1. The third-order valence-electron chi connectivity index (χ3n) is 4.65. The molecule has 1 amide bonds. The summed E-state index contributed by atoms with van der Waals surface area (Å²) in [5.74, 6) is 7.81. The molecule has 28 heavy (non-hydrogen) atoms. The summed E-state index contributed by atoms with van der Waals surface area (Å²) in [4.78, 5) is 20.8. The number of benzene rings is 1. The van der Waals surface area contributed by atoms with E-state index in [1.54, 1.807) is 18.6 Å². The lowest BCUT2D eigenvalue weighted by molar-refractivity contribution is -0.750. The number of aliphatic imine (C=N–C) groups is 2. The van der Waals surface area contributed by atoms with Crippen molar-refractivity contribution in [3.05, 3.63) is 77.4 Å². The van der Waals surface area contributed by atoms with Crippen LogP contribution in [0, 0.1) is 0 Å². The van der Waals surface area contributed by atoms with E-state index in [1.165, 1.54) is 0 Å². The summed E-state index contributed by atoms with van der Waals surface area (Å²) in [5, 5.41) is 2.79. The molecule has 0 spiro atoms. The topological polar surface area (TPSA) is 89.1 Å². The van der Waals surface area contributed by atoms with Gasteiger partial charge in [-0.05, 0) is 24.6 Å². The number of hydrogen-bond donors (Lipinski definition) is 2. The number of quaternary nitrogens is 1. The van der Waals surface area contributed by atoms with E-state index < -0.39 is 0 Å². The van der Waals surface area contributed by atoms with Crippen molar-refractivity contribution in [2.75, 3.05) is 13.2 Å². The smallest absolute Gasteiger partial charge is 0.265 e. The largest absolute Gasteiger partial charge is 0.484 e. The van der Waals surface area contributed by atoms with Gasteiger partial charge < -0.3 is 10.1 Å². The van der Waals surface area contributed by atoms with Gasteiger partial charge in [-0.2, -0.15) is 10.8 Å². The number of nitrogens with zero attached hydrogens (tertiary/aromatic N) is 3. The van der Waals surface area contributed by atoms with E-state index in [0.29, 0.717) is 18.1 Å². The molecule has 0 fully saturated rings. The summed E-state index contributed by atoms with van der Waals surface area (Å²) in [7, 11) is 0. The summed E-state index contributed by atoms with van der Waals surface area (Å²) >= 11 is 0. The second kappa shape index (κ2) is 7.38. The highest BCUT2D eigenvalue weighted by atomic mass is 16.5. The SMILES string of the molecule is CCCNC(=O)COc1cccc(C2=NC(C3=CC=C3)=C3C=NC=C[N+]23N)c1. The van der Waals surface area contributed by atoms with Crippen molar-refractivity contribution in [1.29, 1.82) is 0 Å². The van der Waals surface area contributed by atoms with E-state index >= 15 is 0 Å². The summed E-state index contributed by atoms with van der Waals surface area (Å²) in [6.45, 7) is 2.61. The molecule has 1 atom stereocenters. The van der Waals surface area contributed by atoms with Crippen molar-refractivity contribution in [3.8, 4) is 5.75 Å². The van der Waals surface area contributed by atoms with Gasteiger partial charge in [0.1, 0.15) is 17.6 Å². The number of amides is 1. The predicted molar refractivity (Wildman–Crippen MR) is 108 cm³/mol. The van der Waals surface area contributed by atoms with Crippen molar-refractivity contribution < 1.29 is 14.1 Å². The van der Waals surface area contributed by atoms with Crippen LogP contribution in [-0.2, 0) is 4.79 Å². The van der Waals surface area contributed by atoms with Crippen molar-refractivity contribution in [2.45, 2.75) is 13.3 Å². The average Bonchev–Trinajstić information content (AvgIpc) is 2.96. The molecule has 142 valence electrons. The standard InChI is InChI=1S/C21H21N5O2/c1-2-9-24-19(27)14-28-17-8-4-7-16(12-17)21-25-20(15-5-3-6-15)18-13-23-10-11-26(18,21)22/h3-8,10-13H,2,9,14,22H2,1H3/p+1. The maximum Gasteiger partial charge on any atom is 0.265 e. The Bertz CT molecular complexity index is 1000. The number of hydrogen-bond acceptors (Lipinski definition) is 5. The van der Waals surface area contributed by atoms with Gasteiger partial charge in [0.05, 0.1) is 18.0 Å². The van der Waals surface area contributed by atoms with Gasteiger partial charge >= 0.3 is 0 Å². The number of carbonyl (C=O) groups excluding carboxylic acids is 1. The highest BCUT2D eigenvalue weighted by Gasteiger charge is 2.44. The van der Waals surface area contributed by atoms with E-state index in [0.717, 1.165) is 29.0 Å². The van der Waals surface area contributed by atoms with Crippen LogP contribution < -0.4 is 15.9 Å². The molecule has 3 N–H and O–H groups in total. The van der Waals surface area contributed by atoms with Gasteiger partial charge in [-0.15, -0.1) is 4.59 Å². The number of fused-ring (bicyclic) bond motifs is 1. The molecule has 3 aliphatic rings. The third kappa shape index (κ3) is 3.21. The van der Waals surface area contributed by atoms with Crippen LogP contribution in [0.3, 0.4) is 0 Å². The normalized spacial score (nSPS) is 21.8. The second-order valence-corrected chi connectivity index (χ2v) is 6.67. The minimum atomic E-state index is -0.141. The Morgan fingerprint density at radius 2 is 2.21 bits per heavy atom. The highest BCUT2D eigenvalue weighted by molar-refractivity contribution is 6.01. The summed E-state index contributed by atoms with van der Waals surface area (Å²) < 4.78 is 5.59. The summed E-state index contributed by atoms with van der Waals surface area (Å²) in [5.41, 5.74) is 3.49. The number of nitrogens with one attached hydrogen (secondary N) is 1. The molecular weight excluding hydrogens is 354 g/mol. The predicted octanol–water partition coefficient (Wildman–Crippen LogP) is 2.31. The molecule has 0 aromatic heterocycles. The van der Waals surface area contributed by atoms with Crippen LogP contribution in [-0.4, -0.2) is 35.7 Å². The Morgan fingerprint density at radius 3 is 2.96 bits per heavy atom. The molecule has 1 aliphatic carbocycles. The van der Waals surface area contributed by atoms with Crippen molar-refractivity contribution in [2.24, 2.45) is 15.8 Å². The van der Waals surface area contributed by atoms with E-state index in [4.69, 9.17) is 15.6 Å². The highest BCUT2D eigenvalue weighted by Crippen LogP contribution is 2.36. The lowest BCUT2D eigenvalue weighted by atomic mass is 10.0. The quantitative estimate of drug-likeness (QED) is 0.565. The molecule has 2 aliphatic heterocycles. The zero-order valence-corrected chi connectivity index (χ0v) is 15.6. The van der Waals surface area contributed by atoms with Gasteiger partial charge in [0.2, 0.25) is 5.70 Å². The van der Waals surface area contributed by atoms with Crippen LogP contribution in [0.25, 0.3) is 0 Å². The minimum absolute atomic E-state index is 0.0302. The molecule has 7 nitrogen and oxygen atoms in total. The lowest BCUT2D eigenvalue weighted by Gasteiger charge is -2.26. The average molecular weight is 376 g/mol. The van der Waals surface area contributed by atoms with Gasteiger partial charge in [-0.25, -0.2) is 0 Å². The first kappa shape index (κ1) is 18.1. The number of amidine groups is 1. The van der Waals surface area contributed by atoms with E-state index in [-0.39, 0.29) is 17.1 Å². The molecule has 0 saturated carbocycles. The molecule has 0 bridgehead atoms. The molecule has 0 saturated heterocycles. The molecule has 2 heterocycles. The molecule has 0 radical (unpaired) electrons. The fourth-order valence-electron chi connectivity index (χ4n) is 3.13. The fraction of sp³-hybridized carbons (Fsp3) is 0.190. The first-order valence-corrected chi connectivity index (χ1v) is 9.23. The molecular formula is C21H22N5O2+. The van der Waals surface area contributed by atoms with Gasteiger partial charge in [0, 0.05) is 12.1 Å². The van der Waals surface area contributed by atoms with E-state index in [9.17, 15) is 4.79 Å². The van der Waals surface area contributed by atoms with E-state index in [2.05, 4.69) is 10.3 Å². The lowest BCUT2D eigenvalue weighted by Crippen LogP contribution is -2.53. The Morgan fingerprint density at radius 1 is 1.36 bits per heavy atom. The maximum atomic E-state index is 11.8. The van der Waals surface area contributed by atoms with Gasteiger partial charge in [0.25, 0.3) is 11.7 Å². The fourth-order valence-corrected chi connectivity index (χ4v) is 3.13. The number of allylic oxidation sites excluding steroid dienone is 4. The first-order chi connectivity index (χ1) is 13.6. The van der Waals surface area contributed by atoms with Crippen LogP contribution in [0.5, 0.6) is 5.75 Å². The van der Waals surface area contributed by atoms with Gasteiger partial charge in [-0.1, -0.05) is 31.2 Å². The molecule has 4 rings (SSSR count). The Labute approximate surface area is 163 Å². The van der Waals surface area contributed by atoms with Crippen molar-refractivity contribution in [1.82, 2.24) is 5.32 Å². The Kier molecular flexibility index (Phi) is 4.77. The first-order valence-electron chi connectivity index (χ1n) is 9.23. The molecule has 1 aromatic carbocycles. The maximum absolute atomic E-state index is 11.8. The Hall–Kier alpha value is -3.29. The van der Waals surface area contributed by atoms with Crippen molar-refractivity contribution in [3.63, 3.8) is 0 Å². The summed E-state index contributed by atoms with van der Waals surface area (Å²) in [6, 6.07) is 7.46. The van der Waals surface area contributed by atoms with Crippen LogP contribution in [0.2, 0.25) is 0 Å². The van der Waals surface area contributed by atoms with Crippen LogP contribution in [0.1, 0.15) is 18.9 Å². The third-order valence-corrected chi connectivity index (χ3v) is 4.65. The van der Waals surface area contributed by atoms with Crippen molar-refractivity contribution >= 4 is 18.0 Å². The summed E-state index contributed by atoms with van der Waals surface area (Å²) in [6.07, 6.45) is 12.1. The van der Waals surface area contributed by atoms with Crippen LogP contribution in [0.15, 0.2) is 81.8 Å². The minimum Gasteiger partial charge on any atom is -0.484 e. The molecule has 1 unspecified atom stereocenters. The van der Waals surface area contributed by atoms with E-state index in [1.807, 2.05) is 49.4 Å². The number of carbonyl (C=O) groups is 1. The number of nitrogens with two attached hydrogens (primary N) is 1. The van der Waals surface area contributed by atoms with Gasteiger partial charge in [-0.3, -0.25) is 9.79 Å². The monoisotopic (exact) mass is 376 g/mol. The number of rotatable bonds is 7. The molecule has 1 aromatic rings. The second-order valence-electron chi connectivity index (χ2n) is 6.67. The van der Waals surface area contributed by atoms with Gasteiger partial charge in [0.15, 0.2) is 6.61 Å². The zero-order chi connectivity index (χ0) is 19.6.